The Morgan fingerprint density at radius 1 is 1.47 bits per heavy atom. The van der Waals surface area contributed by atoms with Crippen molar-refractivity contribution in [1.29, 1.82) is 0 Å². The lowest BCUT2D eigenvalue weighted by Crippen LogP contribution is -2.50. The molecule has 3 N–H and O–H groups in total. The first-order valence-corrected chi connectivity index (χ1v) is 6.67. The van der Waals surface area contributed by atoms with Crippen molar-refractivity contribution in [3.8, 4) is 0 Å². The molecule has 2 unspecified atom stereocenters. The third-order valence-corrected chi connectivity index (χ3v) is 4.04. The van der Waals surface area contributed by atoms with Gasteiger partial charge in [-0.15, -0.1) is 0 Å². The van der Waals surface area contributed by atoms with E-state index in [4.69, 9.17) is 15.7 Å². The van der Waals surface area contributed by atoms with Gasteiger partial charge in [0.15, 0.2) is 5.84 Å². The zero-order chi connectivity index (χ0) is 13.2. The highest BCUT2D eigenvalue weighted by molar-refractivity contribution is 5.84. The number of hydrogen-bond acceptors (Lipinski definition) is 4. The van der Waals surface area contributed by atoms with Gasteiger partial charge in [0.1, 0.15) is 6.10 Å². The Morgan fingerprint density at radius 3 is 3.11 bits per heavy atom. The number of hydrogen-bond donors (Lipinski definition) is 2. The van der Waals surface area contributed by atoms with E-state index in [1.54, 1.807) is 0 Å². The van der Waals surface area contributed by atoms with Crippen LogP contribution in [0, 0.1) is 0 Å². The summed E-state index contributed by atoms with van der Waals surface area (Å²) in [6.07, 6.45) is 0.871. The second-order valence-electron chi connectivity index (χ2n) is 5.24. The molecule has 1 aromatic carbocycles. The summed E-state index contributed by atoms with van der Waals surface area (Å²) >= 11 is 0. The molecular weight excluding hydrogens is 242 g/mol. The molecule has 0 radical (unpaired) electrons. The van der Waals surface area contributed by atoms with Crippen LogP contribution < -0.4 is 5.73 Å². The van der Waals surface area contributed by atoms with Crippen LogP contribution >= 0.6 is 0 Å². The Bertz CT molecular complexity index is 489. The summed E-state index contributed by atoms with van der Waals surface area (Å²) in [4.78, 5) is 2.34. The fraction of sp³-hybridized carbons (Fsp3) is 0.500. The van der Waals surface area contributed by atoms with E-state index in [-0.39, 0.29) is 11.9 Å². The molecule has 102 valence electrons. The lowest BCUT2D eigenvalue weighted by atomic mass is 9.77. The van der Waals surface area contributed by atoms with Crippen molar-refractivity contribution in [2.75, 3.05) is 26.2 Å². The van der Waals surface area contributed by atoms with Crippen molar-refractivity contribution in [3.63, 3.8) is 0 Å². The molecule has 5 heteroatoms. The molecule has 0 aromatic heterocycles. The minimum atomic E-state index is -0.283. The smallest absolute Gasteiger partial charge is 0.169 e. The number of fused-ring (bicyclic) bond motifs is 1. The molecule has 5 nitrogen and oxygen atoms in total. The molecular formula is C14H19N3O2. The standard InChI is InChI=1S/C14H19N3O2/c15-14(16-18)13-9-17(5-6-19-13)8-11-7-10-3-1-2-4-12(10)11/h1-4,11,13,18H,5-9H2,(H2,15,16). The highest BCUT2D eigenvalue weighted by Crippen LogP contribution is 2.35. The lowest BCUT2D eigenvalue weighted by molar-refractivity contribution is 0.00166. The van der Waals surface area contributed by atoms with Gasteiger partial charge >= 0.3 is 0 Å². The molecule has 2 aliphatic rings. The lowest BCUT2D eigenvalue weighted by Gasteiger charge is -2.38. The van der Waals surface area contributed by atoms with Crippen molar-refractivity contribution in [2.45, 2.75) is 18.4 Å². The summed E-state index contributed by atoms with van der Waals surface area (Å²) in [5.41, 5.74) is 8.55. The number of rotatable bonds is 3. The summed E-state index contributed by atoms with van der Waals surface area (Å²) in [7, 11) is 0. The predicted octanol–water partition coefficient (Wildman–Crippen LogP) is 0.773. The SMILES string of the molecule is NC(=NO)C1CN(CC2Cc3ccccc32)CCO1. The molecule has 2 atom stereocenters. The minimum Gasteiger partial charge on any atom is -0.409 e. The highest BCUT2D eigenvalue weighted by atomic mass is 16.5. The molecule has 0 amide bonds. The van der Waals surface area contributed by atoms with Crippen molar-refractivity contribution in [1.82, 2.24) is 4.90 Å². The maximum Gasteiger partial charge on any atom is 0.169 e. The van der Waals surface area contributed by atoms with Gasteiger partial charge in [-0.1, -0.05) is 29.4 Å². The van der Waals surface area contributed by atoms with Gasteiger partial charge in [0, 0.05) is 25.6 Å². The number of benzene rings is 1. The fourth-order valence-corrected chi connectivity index (χ4v) is 2.95. The molecule has 0 bridgehead atoms. The summed E-state index contributed by atoms with van der Waals surface area (Å²) in [6.45, 7) is 3.27. The van der Waals surface area contributed by atoms with Crippen LogP contribution in [0.1, 0.15) is 17.0 Å². The van der Waals surface area contributed by atoms with Crippen LogP contribution in [-0.2, 0) is 11.2 Å². The van der Waals surface area contributed by atoms with E-state index >= 15 is 0 Å². The Balaban J connectivity index is 1.60. The van der Waals surface area contributed by atoms with Crippen LogP contribution in [-0.4, -0.2) is 48.3 Å². The number of oxime groups is 1. The summed E-state index contributed by atoms with van der Waals surface area (Å²) in [6, 6.07) is 8.61. The fourth-order valence-electron chi connectivity index (χ4n) is 2.95. The van der Waals surface area contributed by atoms with Crippen molar-refractivity contribution in [3.05, 3.63) is 35.4 Å². The van der Waals surface area contributed by atoms with Crippen LogP contribution in [0.3, 0.4) is 0 Å². The second kappa shape index (κ2) is 5.19. The van der Waals surface area contributed by atoms with E-state index in [0.717, 1.165) is 19.5 Å². The monoisotopic (exact) mass is 261 g/mol. The van der Waals surface area contributed by atoms with Crippen LogP contribution in [0.4, 0.5) is 0 Å². The van der Waals surface area contributed by atoms with Gasteiger partial charge in [-0.2, -0.15) is 0 Å². The summed E-state index contributed by atoms with van der Waals surface area (Å²) < 4.78 is 5.51. The molecule has 3 rings (SSSR count). The topological polar surface area (TPSA) is 71.1 Å². The Labute approximate surface area is 112 Å². The largest absolute Gasteiger partial charge is 0.409 e. The van der Waals surface area contributed by atoms with Gasteiger partial charge in [0.25, 0.3) is 0 Å². The second-order valence-corrected chi connectivity index (χ2v) is 5.24. The predicted molar refractivity (Wildman–Crippen MR) is 72.5 cm³/mol. The first kappa shape index (κ1) is 12.4. The molecule has 1 aliphatic carbocycles. The molecule has 1 fully saturated rings. The maximum absolute atomic E-state index is 8.71. The molecule has 1 saturated heterocycles. The van der Waals surface area contributed by atoms with E-state index in [1.807, 2.05) is 0 Å². The van der Waals surface area contributed by atoms with Gasteiger partial charge in [-0.05, 0) is 17.5 Å². The zero-order valence-electron chi connectivity index (χ0n) is 10.8. The Kier molecular flexibility index (Phi) is 3.40. The number of nitrogens with zero attached hydrogens (tertiary/aromatic N) is 2. The van der Waals surface area contributed by atoms with E-state index in [1.165, 1.54) is 11.1 Å². The first-order chi connectivity index (χ1) is 9.28. The van der Waals surface area contributed by atoms with E-state index < -0.39 is 0 Å². The Morgan fingerprint density at radius 2 is 2.32 bits per heavy atom. The van der Waals surface area contributed by atoms with Crippen molar-refractivity contribution < 1.29 is 9.94 Å². The molecule has 0 spiro atoms. The summed E-state index contributed by atoms with van der Waals surface area (Å²) in [5, 5.41) is 11.7. The van der Waals surface area contributed by atoms with Crippen molar-refractivity contribution in [2.24, 2.45) is 10.9 Å². The van der Waals surface area contributed by atoms with Gasteiger partial charge in [-0.25, -0.2) is 0 Å². The van der Waals surface area contributed by atoms with Crippen LogP contribution in [0.25, 0.3) is 0 Å². The molecule has 19 heavy (non-hydrogen) atoms. The maximum atomic E-state index is 8.71. The van der Waals surface area contributed by atoms with Gasteiger partial charge in [-0.3, -0.25) is 4.90 Å². The van der Waals surface area contributed by atoms with Crippen LogP contribution in [0.2, 0.25) is 0 Å². The van der Waals surface area contributed by atoms with Crippen LogP contribution in [0.15, 0.2) is 29.4 Å². The molecule has 1 aliphatic heterocycles. The van der Waals surface area contributed by atoms with E-state index in [9.17, 15) is 0 Å². The molecule has 1 aromatic rings. The Hall–Kier alpha value is -1.59. The molecule has 1 heterocycles. The zero-order valence-corrected chi connectivity index (χ0v) is 10.8. The average molecular weight is 261 g/mol. The van der Waals surface area contributed by atoms with Gasteiger partial charge in [0.05, 0.1) is 6.61 Å². The number of morpholine rings is 1. The van der Waals surface area contributed by atoms with E-state index in [2.05, 4.69) is 34.3 Å². The molecule has 0 saturated carbocycles. The number of nitrogens with two attached hydrogens (primary N) is 1. The third-order valence-electron chi connectivity index (χ3n) is 4.04. The average Bonchev–Trinajstić information content (AvgIpc) is 2.44. The normalized spacial score (nSPS) is 27.7. The number of ether oxygens (including phenoxy) is 1. The van der Waals surface area contributed by atoms with Gasteiger partial charge < -0.3 is 15.7 Å². The summed E-state index contributed by atoms with van der Waals surface area (Å²) in [5.74, 6) is 0.779. The van der Waals surface area contributed by atoms with Crippen LogP contribution in [0.5, 0.6) is 0 Å². The highest BCUT2D eigenvalue weighted by Gasteiger charge is 2.30. The number of amidine groups is 1. The first-order valence-electron chi connectivity index (χ1n) is 6.67. The van der Waals surface area contributed by atoms with Gasteiger partial charge in [0.2, 0.25) is 0 Å². The van der Waals surface area contributed by atoms with Crippen molar-refractivity contribution >= 4 is 5.84 Å². The minimum absolute atomic E-state index is 0.165. The van der Waals surface area contributed by atoms with E-state index in [0.29, 0.717) is 19.1 Å². The third kappa shape index (κ3) is 2.43. The quantitative estimate of drug-likeness (QED) is 0.365.